The Morgan fingerprint density at radius 2 is 1.90 bits per heavy atom. The molecule has 0 aliphatic rings. The van der Waals surface area contributed by atoms with Crippen molar-refractivity contribution in [1.82, 2.24) is 9.78 Å². The number of para-hydroxylation sites is 1. The second-order valence-corrected chi connectivity index (χ2v) is 5.92. The number of H-pyrrole nitrogens is 1. The molecule has 6 heteroatoms. The molecule has 0 spiro atoms. The van der Waals surface area contributed by atoms with E-state index in [1.165, 1.54) is 4.68 Å². The first-order chi connectivity index (χ1) is 9.23. The molecule has 0 aliphatic carbocycles. The van der Waals surface area contributed by atoms with E-state index in [4.69, 9.17) is 11.6 Å². The lowest BCUT2D eigenvalue weighted by molar-refractivity contribution is 0.0692. The van der Waals surface area contributed by atoms with E-state index in [1.54, 1.807) is 24.3 Å². The Balaban J connectivity index is 2.79. The van der Waals surface area contributed by atoms with Crippen LogP contribution in [0.25, 0.3) is 5.69 Å². The summed E-state index contributed by atoms with van der Waals surface area (Å²) in [5, 5.41) is 12.5. The number of aromatic carboxylic acids is 1. The SMILES string of the molecule is CC(C)(C)c1[nH]n(-c2ccccc2Cl)c(=O)c1C(=O)O. The van der Waals surface area contributed by atoms with Gasteiger partial charge in [0.05, 0.1) is 16.4 Å². The van der Waals surface area contributed by atoms with Gasteiger partial charge < -0.3 is 5.11 Å². The first-order valence-electron chi connectivity index (χ1n) is 6.07. The molecule has 0 aliphatic heterocycles. The van der Waals surface area contributed by atoms with Crippen molar-refractivity contribution in [2.45, 2.75) is 26.2 Å². The second kappa shape index (κ2) is 4.83. The number of nitrogens with zero attached hydrogens (tertiary/aromatic N) is 1. The van der Waals surface area contributed by atoms with Gasteiger partial charge in [-0.05, 0) is 12.1 Å². The van der Waals surface area contributed by atoms with Gasteiger partial charge in [0.15, 0.2) is 0 Å². The predicted octanol–water partition coefficient (Wildman–Crippen LogP) is 2.81. The fourth-order valence-corrected chi connectivity index (χ4v) is 2.20. The molecule has 2 N–H and O–H groups in total. The molecule has 2 rings (SSSR count). The molecule has 5 nitrogen and oxygen atoms in total. The quantitative estimate of drug-likeness (QED) is 0.894. The third-order valence-electron chi connectivity index (χ3n) is 2.95. The van der Waals surface area contributed by atoms with Gasteiger partial charge in [-0.2, -0.15) is 0 Å². The highest BCUT2D eigenvalue weighted by Crippen LogP contribution is 2.25. The summed E-state index contributed by atoms with van der Waals surface area (Å²) in [7, 11) is 0. The summed E-state index contributed by atoms with van der Waals surface area (Å²) in [4.78, 5) is 23.7. The largest absolute Gasteiger partial charge is 0.477 e. The van der Waals surface area contributed by atoms with Crippen molar-refractivity contribution in [3.05, 3.63) is 50.9 Å². The van der Waals surface area contributed by atoms with Crippen LogP contribution in [0.3, 0.4) is 0 Å². The summed E-state index contributed by atoms with van der Waals surface area (Å²) >= 11 is 6.06. The Kier molecular flexibility index (Phi) is 3.48. The van der Waals surface area contributed by atoms with E-state index in [-0.39, 0.29) is 5.56 Å². The van der Waals surface area contributed by atoms with Crippen molar-refractivity contribution in [2.24, 2.45) is 0 Å². The molecule has 1 aromatic heterocycles. The Morgan fingerprint density at radius 3 is 2.35 bits per heavy atom. The molecular formula is C14H15ClN2O3. The van der Waals surface area contributed by atoms with Gasteiger partial charge in [0.2, 0.25) is 0 Å². The lowest BCUT2D eigenvalue weighted by atomic mass is 9.89. The highest BCUT2D eigenvalue weighted by atomic mass is 35.5. The van der Waals surface area contributed by atoms with E-state index < -0.39 is 16.9 Å². The van der Waals surface area contributed by atoms with E-state index in [0.717, 1.165) is 0 Å². The number of hydrogen-bond acceptors (Lipinski definition) is 2. The zero-order valence-electron chi connectivity index (χ0n) is 11.4. The van der Waals surface area contributed by atoms with Crippen molar-refractivity contribution in [1.29, 1.82) is 0 Å². The topological polar surface area (TPSA) is 75.1 Å². The maximum atomic E-state index is 12.3. The van der Waals surface area contributed by atoms with Crippen LogP contribution < -0.4 is 5.56 Å². The number of nitrogens with one attached hydrogen (secondary N) is 1. The van der Waals surface area contributed by atoms with Gasteiger partial charge in [0.1, 0.15) is 5.56 Å². The summed E-state index contributed by atoms with van der Waals surface area (Å²) in [6, 6.07) is 6.76. The maximum Gasteiger partial charge on any atom is 0.343 e. The zero-order chi connectivity index (χ0) is 15.1. The molecule has 0 amide bonds. The van der Waals surface area contributed by atoms with E-state index in [2.05, 4.69) is 5.10 Å². The minimum Gasteiger partial charge on any atom is -0.477 e. The number of aromatic amines is 1. The van der Waals surface area contributed by atoms with Crippen LogP contribution in [0.15, 0.2) is 29.1 Å². The molecule has 106 valence electrons. The molecule has 1 heterocycles. The minimum atomic E-state index is -1.25. The number of carbonyl (C=O) groups is 1. The Bertz CT molecular complexity index is 723. The van der Waals surface area contributed by atoms with Crippen molar-refractivity contribution < 1.29 is 9.90 Å². The van der Waals surface area contributed by atoms with Crippen molar-refractivity contribution in [2.75, 3.05) is 0 Å². The monoisotopic (exact) mass is 294 g/mol. The van der Waals surface area contributed by atoms with Crippen LogP contribution in [0.4, 0.5) is 0 Å². The third-order valence-corrected chi connectivity index (χ3v) is 3.27. The van der Waals surface area contributed by atoms with Crippen LogP contribution >= 0.6 is 11.6 Å². The Labute approximate surface area is 120 Å². The lowest BCUT2D eigenvalue weighted by Crippen LogP contribution is -2.22. The first-order valence-corrected chi connectivity index (χ1v) is 6.45. The van der Waals surface area contributed by atoms with Gasteiger partial charge in [-0.1, -0.05) is 44.5 Å². The molecule has 0 atom stereocenters. The average molecular weight is 295 g/mol. The van der Waals surface area contributed by atoms with Crippen LogP contribution in [-0.2, 0) is 5.41 Å². The predicted molar refractivity (Wildman–Crippen MR) is 77.1 cm³/mol. The molecule has 2 aromatic rings. The summed E-state index contributed by atoms with van der Waals surface area (Å²) in [5.41, 5.74) is -0.570. The number of rotatable bonds is 2. The highest BCUT2D eigenvalue weighted by molar-refractivity contribution is 6.32. The summed E-state index contributed by atoms with van der Waals surface area (Å²) in [6.07, 6.45) is 0. The first kappa shape index (κ1) is 14.4. The van der Waals surface area contributed by atoms with Gasteiger partial charge in [0, 0.05) is 5.41 Å². The number of benzene rings is 1. The molecule has 0 radical (unpaired) electrons. The molecule has 1 aromatic carbocycles. The van der Waals surface area contributed by atoms with Crippen molar-refractivity contribution >= 4 is 17.6 Å². The van der Waals surface area contributed by atoms with Crippen LogP contribution in [0.1, 0.15) is 36.8 Å². The fourth-order valence-electron chi connectivity index (χ4n) is 1.98. The van der Waals surface area contributed by atoms with Crippen LogP contribution in [-0.4, -0.2) is 20.9 Å². The second-order valence-electron chi connectivity index (χ2n) is 5.51. The van der Waals surface area contributed by atoms with Gasteiger partial charge >= 0.3 is 5.97 Å². The minimum absolute atomic E-state index is 0.252. The van der Waals surface area contributed by atoms with E-state index in [1.807, 2.05) is 20.8 Å². The van der Waals surface area contributed by atoms with Crippen LogP contribution in [0.2, 0.25) is 5.02 Å². The number of halogens is 1. The molecule has 0 fully saturated rings. The van der Waals surface area contributed by atoms with E-state index in [9.17, 15) is 14.7 Å². The number of carboxylic acid groups (broad SMARTS) is 1. The van der Waals surface area contributed by atoms with Crippen molar-refractivity contribution in [3.8, 4) is 5.69 Å². The normalized spacial score (nSPS) is 11.6. The van der Waals surface area contributed by atoms with Crippen LogP contribution in [0.5, 0.6) is 0 Å². The summed E-state index contributed by atoms with van der Waals surface area (Å²) in [6.45, 7) is 5.50. The summed E-state index contributed by atoms with van der Waals surface area (Å²) < 4.78 is 1.17. The Morgan fingerprint density at radius 1 is 1.30 bits per heavy atom. The van der Waals surface area contributed by atoms with Crippen LogP contribution in [0, 0.1) is 0 Å². The maximum absolute atomic E-state index is 12.3. The Hall–Kier alpha value is -2.01. The van der Waals surface area contributed by atoms with E-state index >= 15 is 0 Å². The molecule has 0 saturated carbocycles. The van der Waals surface area contributed by atoms with Gasteiger partial charge in [-0.15, -0.1) is 0 Å². The zero-order valence-corrected chi connectivity index (χ0v) is 12.2. The molecule has 0 saturated heterocycles. The smallest absolute Gasteiger partial charge is 0.343 e. The third kappa shape index (κ3) is 2.36. The molecule has 0 unspecified atom stereocenters. The number of hydrogen-bond donors (Lipinski definition) is 2. The number of aromatic nitrogens is 2. The standard InChI is InChI=1S/C14H15ClN2O3/c1-14(2,3)11-10(13(19)20)12(18)17(16-11)9-7-5-4-6-8(9)15/h4-7,16H,1-3H3,(H,19,20). The number of carboxylic acids is 1. The molecule has 20 heavy (non-hydrogen) atoms. The lowest BCUT2D eigenvalue weighted by Gasteiger charge is -2.17. The fraction of sp³-hybridized carbons (Fsp3) is 0.286. The van der Waals surface area contributed by atoms with Gasteiger partial charge in [-0.25, -0.2) is 9.48 Å². The van der Waals surface area contributed by atoms with Gasteiger partial charge in [-0.3, -0.25) is 9.89 Å². The average Bonchev–Trinajstić information content (AvgIpc) is 2.67. The van der Waals surface area contributed by atoms with Gasteiger partial charge in [0.25, 0.3) is 5.56 Å². The molecular weight excluding hydrogens is 280 g/mol. The molecule has 0 bridgehead atoms. The van der Waals surface area contributed by atoms with Crippen molar-refractivity contribution in [3.63, 3.8) is 0 Å². The summed E-state index contributed by atoms with van der Waals surface area (Å²) in [5.74, 6) is -1.25. The van der Waals surface area contributed by atoms with E-state index in [0.29, 0.717) is 16.4 Å². The highest BCUT2D eigenvalue weighted by Gasteiger charge is 2.29.